The largest absolute Gasteiger partial charge is 0.478 e. The van der Waals surface area contributed by atoms with E-state index >= 15 is 0 Å². The van der Waals surface area contributed by atoms with E-state index in [1.165, 1.54) is 66.4 Å². The van der Waals surface area contributed by atoms with Crippen LogP contribution in [-0.2, 0) is 11.3 Å². The van der Waals surface area contributed by atoms with E-state index in [2.05, 4.69) is 38.6 Å². The molecular formula is C33H38ClN3O3. The van der Waals surface area contributed by atoms with Crippen molar-refractivity contribution in [1.29, 1.82) is 0 Å². The predicted molar refractivity (Wildman–Crippen MR) is 161 cm³/mol. The van der Waals surface area contributed by atoms with Gasteiger partial charge in [-0.1, -0.05) is 43.0 Å². The molecule has 3 aromatic rings. The van der Waals surface area contributed by atoms with Gasteiger partial charge in [0, 0.05) is 72.0 Å². The number of hydrogen-bond acceptors (Lipinski definition) is 4. The van der Waals surface area contributed by atoms with Gasteiger partial charge in [-0.15, -0.1) is 0 Å². The Morgan fingerprint density at radius 3 is 2.52 bits per heavy atom. The van der Waals surface area contributed by atoms with E-state index in [-0.39, 0.29) is 0 Å². The van der Waals surface area contributed by atoms with E-state index in [0.717, 1.165) is 61.8 Å². The number of aromatic nitrogens is 1. The fourth-order valence-electron chi connectivity index (χ4n) is 7.32. The molecule has 7 rings (SSSR count). The number of benzene rings is 2. The number of nitrogens with zero attached hydrogens (tertiary/aromatic N) is 3. The fourth-order valence-corrected chi connectivity index (χ4v) is 7.49. The maximum atomic E-state index is 11.9. The summed E-state index contributed by atoms with van der Waals surface area (Å²) in [5.41, 5.74) is 7.89. The van der Waals surface area contributed by atoms with Crippen molar-refractivity contribution < 1.29 is 14.6 Å². The van der Waals surface area contributed by atoms with Crippen molar-refractivity contribution in [1.82, 2.24) is 9.47 Å². The number of carboxylic acids is 1. The van der Waals surface area contributed by atoms with Crippen LogP contribution in [0.3, 0.4) is 0 Å². The van der Waals surface area contributed by atoms with E-state index in [1.54, 1.807) is 6.07 Å². The average Bonchev–Trinajstić information content (AvgIpc) is 3.79. The molecule has 0 unspecified atom stereocenters. The molecule has 7 heteroatoms. The van der Waals surface area contributed by atoms with Gasteiger partial charge in [0.25, 0.3) is 0 Å². The van der Waals surface area contributed by atoms with Crippen LogP contribution in [0.15, 0.2) is 48.2 Å². The van der Waals surface area contributed by atoms with Gasteiger partial charge in [0.1, 0.15) is 0 Å². The summed E-state index contributed by atoms with van der Waals surface area (Å²) in [5.74, 6) is -0.394. The molecule has 1 N–H and O–H groups in total. The first-order valence-electron chi connectivity index (χ1n) is 15.1. The van der Waals surface area contributed by atoms with Gasteiger partial charge in [-0.25, -0.2) is 4.79 Å². The van der Waals surface area contributed by atoms with Gasteiger partial charge >= 0.3 is 5.97 Å². The Balaban J connectivity index is 1.21. The smallest absolute Gasteiger partial charge is 0.335 e. The summed E-state index contributed by atoms with van der Waals surface area (Å²) in [6.07, 6.45) is 12.1. The van der Waals surface area contributed by atoms with Gasteiger partial charge in [0.05, 0.1) is 24.0 Å². The molecule has 0 spiro atoms. The molecule has 0 radical (unpaired) electrons. The third kappa shape index (κ3) is 4.90. The highest BCUT2D eigenvalue weighted by Crippen LogP contribution is 2.48. The topological polar surface area (TPSA) is 57.9 Å². The summed E-state index contributed by atoms with van der Waals surface area (Å²) in [6.45, 7) is 5.31. The monoisotopic (exact) mass is 559 g/mol. The van der Waals surface area contributed by atoms with Crippen LogP contribution < -0.4 is 4.90 Å². The van der Waals surface area contributed by atoms with Crippen molar-refractivity contribution in [3.63, 3.8) is 0 Å². The molecule has 0 atom stereocenters. The van der Waals surface area contributed by atoms with Crippen LogP contribution in [0, 0.1) is 0 Å². The minimum atomic E-state index is -0.879. The molecule has 2 aliphatic carbocycles. The number of ether oxygens (including phenoxy) is 1. The highest BCUT2D eigenvalue weighted by molar-refractivity contribution is 6.31. The zero-order valence-electron chi connectivity index (χ0n) is 23.1. The number of rotatable bonds is 7. The Morgan fingerprint density at radius 2 is 1.77 bits per heavy atom. The van der Waals surface area contributed by atoms with Crippen molar-refractivity contribution in [3.8, 4) is 11.3 Å². The van der Waals surface area contributed by atoms with Crippen molar-refractivity contribution in [2.75, 3.05) is 37.7 Å². The molecule has 3 heterocycles. The molecular weight excluding hydrogens is 522 g/mol. The van der Waals surface area contributed by atoms with Gasteiger partial charge in [-0.3, -0.25) is 0 Å². The van der Waals surface area contributed by atoms with E-state index in [0.29, 0.717) is 24.2 Å². The summed E-state index contributed by atoms with van der Waals surface area (Å²) < 4.78 is 8.81. The molecule has 2 fully saturated rings. The number of aromatic carboxylic acids is 1. The number of carboxylic acid groups (broad SMARTS) is 1. The van der Waals surface area contributed by atoms with Gasteiger partial charge in [0.15, 0.2) is 0 Å². The summed E-state index contributed by atoms with van der Waals surface area (Å²) in [7, 11) is 0. The van der Waals surface area contributed by atoms with E-state index < -0.39 is 5.97 Å². The second-order valence-electron chi connectivity index (χ2n) is 11.9. The van der Waals surface area contributed by atoms with E-state index in [9.17, 15) is 9.90 Å². The predicted octanol–water partition coefficient (Wildman–Crippen LogP) is 7.30. The zero-order chi connectivity index (χ0) is 27.2. The Hall–Kier alpha value is -2.96. The van der Waals surface area contributed by atoms with Crippen LogP contribution in [0.25, 0.3) is 22.2 Å². The molecule has 1 saturated heterocycles. The molecule has 1 aromatic heterocycles. The quantitative estimate of drug-likeness (QED) is 0.329. The Labute approximate surface area is 241 Å². The van der Waals surface area contributed by atoms with Crippen molar-refractivity contribution >= 4 is 34.2 Å². The number of fused-ring (bicyclic) bond motifs is 5. The highest BCUT2D eigenvalue weighted by atomic mass is 35.5. The molecule has 0 amide bonds. The number of halogens is 1. The van der Waals surface area contributed by atoms with Crippen molar-refractivity contribution in [2.24, 2.45) is 0 Å². The summed E-state index contributed by atoms with van der Waals surface area (Å²) in [6, 6.07) is 12.0. The molecule has 2 aliphatic heterocycles. The average molecular weight is 560 g/mol. The van der Waals surface area contributed by atoms with Crippen LogP contribution in [0.2, 0.25) is 5.02 Å². The second kappa shape index (κ2) is 10.8. The van der Waals surface area contributed by atoms with Gasteiger partial charge in [-0.2, -0.15) is 0 Å². The second-order valence-corrected chi connectivity index (χ2v) is 12.3. The first-order chi connectivity index (χ1) is 19.6. The number of carbonyl (C=O) groups is 1. The highest BCUT2D eigenvalue weighted by Gasteiger charge is 2.31. The SMILES string of the molecule is O=C(O)c1ccc2c(C3CCCCC3)c3n(c2c1)CCN(CCOC1CCN(C2=CC2)CC1)c1cc(Cl)ccc1-3. The summed E-state index contributed by atoms with van der Waals surface area (Å²) in [4.78, 5) is 16.9. The number of piperidine rings is 1. The number of allylic oxidation sites excluding steroid dienone is 2. The lowest BCUT2D eigenvalue weighted by Gasteiger charge is -2.33. The standard InChI is InChI=1S/C33H38ClN3O3/c34-24-7-11-28-29(21-24)36(18-19-40-26-12-14-35(15-13-26)25-8-9-25)16-17-37-30-20-23(33(38)39)6-10-27(30)31(32(28)37)22-4-2-1-3-5-22/h6-8,10-11,20-22,26H,1-5,9,12-19H2,(H,38,39). The van der Waals surface area contributed by atoms with E-state index in [4.69, 9.17) is 16.3 Å². The lowest BCUT2D eigenvalue weighted by Crippen LogP contribution is -2.36. The number of anilines is 1. The first kappa shape index (κ1) is 26.0. The molecule has 2 aromatic carbocycles. The van der Waals surface area contributed by atoms with Crippen LogP contribution in [0.5, 0.6) is 0 Å². The van der Waals surface area contributed by atoms with Crippen LogP contribution in [0.1, 0.15) is 73.2 Å². The van der Waals surface area contributed by atoms with Crippen LogP contribution >= 0.6 is 11.6 Å². The normalized spacial score (nSPS) is 19.8. The van der Waals surface area contributed by atoms with Crippen molar-refractivity contribution in [3.05, 3.63) is 64.3 Å². The maximum Gasteiger partial charge on any atom is 0.335 e. The molecule has 1 saturated carbocycles. The Bertz CT molecular complexity index is 1460. The Morgan fingerprint density at radius 1 is 0.975 bits per heavy atom. The fraction of sp³-hybridized carbons (Fsp3) is 0.485. The summed E-state index contributed by atoms with van der Waals surface area (Å²) >= 11 is 6.61. The minimum Gasteiger partial charge on any atom is -0.478 e. The lowest BCUT2D eigenvalue weighted by molar-refractivity contribution is 0.0184. The third-order valence-corrected chi connectivity index (χ3v) is 9.70. The molecule has 0 bridgehead atoms. The summed E-state index contributed by atoms with van der Waals surface area (Å²) in [5, 5.41) is 11.7. The first-order valence-corrected chi connectivity index (χ1v) is 15.4. The number of likely N-dealkylation sites (tertiary alicyclic amines) is 1. The molecule has 210 valence electrons. The maximum absolute atomic E-state index is 11.9. The molecule has 4 aliphatic rings. The number of hydrogen-bond donors (Lipinski definition) is 1. The van der Waals surface area contributed by atoms with Gasteiger partial charge in [-0.05, 0) is 67.5 Å². The van der Waals surface area contributed by atoms with Gasteiger partial charge in [0.2, 0.25) is 0 Å². The molecule has 40 heavy (non-hydrogen) atoms. The van der Waals surface area contributed by atoms with E-state index in [1.807, 2.05) is 12.1 Å². The van der Waals surface area contributed by atoms with Crippen LogP contribution in [0.4, 0.5) is 5.69 Å². The third-order valence-electron chi connectivity index (χ3n) is 9.46. The lowest BCUT2D eigenvalue weighted by atomic mass is 9.81. The Kier molecular flexibility index (Phi) is 7.01. The minimum absolute atomic E-state index is 0.325. The van der Waals surface area contributed by atoms with Gasteiger partial charge < -0.3 is 24.2 Å². The molecule has 6 nitrogen and oxygen atoms in total. The van der Waals surface area contributed by atoms with Crippen LogP contribution in [-0.4, -0.2) is 59.4 Å². The zero-order valence-corrected chi connectivity index (χ0v) is 23.8. The van der Waals surface area contributed by atoms with Crippen molar-refractivity contribution in [2.45, 2.75) is 69.9 Å².